The highest BCUT2D eigenvalue weighted by atomic mass is 16.3. The van der Waals surface area contributed by atoms with E-state index in [0.29, 0.717) is 17.8 Å². The summed E-state index contributed by atoms with van der Waals surface area (Å²) in [7, 11) is 0. The summed E-state index contributed by atoms with van der Waals surface area (Å²) >= 11 is 0. The molecule has 0 aromatic heterocycles. The summed E-state index contributed by atoms with van der Waals surface area (Å²) in [4.78, 5) is 0. The zero-order valence-corrected chi connectivity index (χ0v) is 19.7. The van der Waals surface area contributed by atoms with Crippen molar-refractivity contribution < 1.29 is 10.2 Å². The van der Waals surface area contributed by atoms with Gasteiger partial charge in [0.25, 0.3) is 0 Å². The summed E-state index contributed by atoms with van der Waals surface area (Å²) in [6.07, 6.45) is 13.8. The van der Waals surface area contributed by atoms with Crippen LogP contribution < -0.4 is 0 Å². The molecule has 3 fully saturated rings. The molecule has 0 unspecified atom stereocenters. The van der Waals surface area contributed by atoms with Crippen LogP contribution in [0.4, 0.5) is 0 Å². The first-order chi connectivity index (χ1) is 13.7. The minimum atomic E-state index is -0.373. The van der Waals surface area contributed by atoms with E-state index in [4.69, 9.17) is 0 Å². The van der Waals surface area contributed by atoms with Gasteiger partial charge in [-0.05, 0) is 79.4 Å². The highest BCUT2D eigenvalue weighted by Gasteiger charge is 2.60. The molecule has 4 aliphatic rings. The molecule has 4 rings (SSSR count). The molecule has 166 valence electrons. The molecular formula is C27H46O2. The first kappa shape index (κ1) is 21.9. The van der Waals surface area contributed by atoms with E-state index in [9.17, 15) is 10.2 Å². The van der Waals surface area contributed by atoms with Crippen molar-refractivity contribution >= 4 is 0 Å². The van der Waals surface area contributed by atoms with E-state index in [1.165, 1.54) is 56.9 Å². The van der Waals surface area contributed by atoms with Gasteiger partial charge in [-0.25, -0.2) is 0 Å². The van der Waals surface area contributed by atoms with Gasteiger partial charge in [0.1, 0.15) is 0 Å². The van der Waals surface area contributed by atoms with Gasteiger partial charge in [-0.15, -0.1) is 0 Å². The second-order valence-corrected chi connectivity index (χ2v) is 12.3. The van der Waals surface area contributed by atoms with Gasteiger partial charge in [0, 0.05) is 11.8 Å². The molecule has 2 nitrogen and oxygen atoms in total. The van der Waals surface area contributed by atoms with Gasteiger partial charge >= 0.3 is 0 Å². The molecule has 0 aliphatic heterocycles. The number of fused-ring (bicyclic) bond motifs is 5. The highest BCUT2D eigenvalue weighted by molar-refractivity contribution is 5.27. The summed E-state index contributed by atoms with van der Waals surface area (Å²) < 4.78 is 0. The quantitative estimate of drug-likeness (QED) is 0.525. The first-order valence-electron chi connectivity index (χ1n) is 12.7. The molecule has 0 amide bonds. The summed E-state index contributed by atoms with van der Waals surface area (Å²) in [5, 5.41) is 21.3. The van der Waals surface area contributed by atoms with Gasteiger partial charge in [0.15, 0.2) is 0 Å². The predicted molar refractivity (Wildman–Crippen MR) is 120 cm³/mol. The van der Waals surface area contributed by atoms with Crippen LogP contribution in [-0.2, 0) is 0 Å². The normalized spacial score (nSPS) is 47.9. The van der Waals surface area contributed by atoms with Crippen LogP contribution in [0.3, 0.4) is 0 Å². The Balaban J connectivity index is 1.52. The van der Waals surface area contributed by atoms with Crippen molar-refractivity contribution in [1.29, 1.82) is 0 Å². The van der Waals surface area contributed by atoms with Crippen molar-refractivity contribution in [2.45, 2.75) is 111 Å². The van der Waals surface area contributed by atoms with Crippen LogP contribution in [0.25, 0.3) is 0 Å². The highest BCUT2D eigenvalue weighted by Crippen LogP contribution is 2.67. The Labute approximate surface area is 179 Å². The molecule has 9 atom stereocenters. The largest absolute Gasteiger partial charge is 0.393 e. The predicted octanol–water partition coefficient (Wildman–Crippen LogP) is 6.36. The molecule has 0 aromatic rings. The average molecular weight is 403 g/mol. The molecule has 0 bridgehead atoms. The van der Waals surface area contributed by atoms with E-state index in [0.717, 1.165) is 36.0 Å². The summed E-state index contributed by atoms with van der Waals surface area (Å²) in [6, 6.07) is 0. The second-order valence-electron chi connectivity index (χ2n) is 12.3. The van der Waals surface area contributed by atoms with Crippen LogP contribution in [0.5, 0.6) is 0 Å². The van der Waals surface area contributed by atoms with E-state index in [2.05, 4.69) is 40.7 Å². The minimum Gasteiger partial charge on any atom is -0.393 e. The Morgan fingerprint density at radius 3 is 2.52 bits per heavy atom. The maximum atomic E-state index is 11.1. The van der Waals surface area contributed by atoms with Crippen molar-refractivity contribution in [1.82, 2.24) is 0 Å². The lowest BCUT2D eigenvalue weighted by Crippen LogP contribution is -2.55. The molecule has 4 aliphatic carbocycles. The number of aliphatic hydroxyl groups is 2. The lowest BCUT2D eigenvalue weighted by atomic mass is 9.46. The number of aliphatic hydroxyl groups excluding tert-OH is 2. The van der Waals surface area contributed by atoms with E-state index in [1.54, 1.807) is 0 Å². The smallest absolute Gasteiger partial charge is 0.0658 e. The van der Waals surface area contributed by atoms with Gasteiger partial charge in [-0.2, -0.15) is 0 Å². The third kappa shape index (κ3) is 3.55. The van der Waals surface area contributed by atoms with Crippen LogP contribution >= 0.6 is 0 Å². The second kappa shape index (κ2) is 7.97. The van der Waals surface area contributed by atoms with Gasteiger partial charge in [0.2, 0.25) is 0 Å². The van der Waals surface area contributed by atoms with Gasteiger partial charge < -0.3 is 10.2 Å². The number of hydrogen-bond donors (Lipinski definition) is 2. The fourth-order valence-electron chi connectivity index (χ4n) is 8.73. The van der Waals surface area contributed by atoms with Crippen molar-refractivity contribution in [3.63, 3.8) is 0 Å². The molecule has 0 aromatic carbocycles. The number of hydrogen-bond acceptors (Lipinski definition) is 2. The van der Waals surface area contributed by atoms with Crippen LogP contribution in [0, 0.1) is 46.3 Å². The van der Waals surface area contributed by atoms with E-state index in [-0.39, 0.29) is 17.6 Å². The monoisotopic (exact) mass is 402 g/mol. The Kier molecular flexibility index (Phi) is 6.01. The maximum Gasteiger partial charge on any atom is 0.0658 e. The zero-order valence-electron chi connectivity index (χ0n) is 19.7. The number of allylic oxidation sites excluding steroid dienone is 1. The fraction of sp³-hybridized carbons (Fsp3) is 0.926. The van der Waals surface area contributed by atoms with E-state index >= 15 is 0 Å². The molecule has 2 N–H and O–H groups in total. The van der Waals surface area contributed by atoms with Crippen LogP contribution in [0.15, 0.2) is 11.6 Å². The Hall–Kier alpha value is -0.340. The van der Waals surface area contributed by atoms with Crippen molar-refractivity contribution in [3.05, 3.63) is 11.6 Å². The Morgan fingerprint density at radius 1 is 1.03 bits per heavy atom. The number of rotatable bonds is 5. The molecule has 0 saturated heterocycles. The van der Waals surface area contributed by atoms with E-state index in [1.807, 2.05) is 0 Å². The summed E-state index contributed by atoms with van der Waals surface area (Å²) in [5.74, 6) is 4.73. The molecule has 0 heterocycles. The van der Waals surface area contributed by atoms with Crippen LogP contribution in [0.1, 0.15) is 98.8 Å². The third-order valence-corrected chi connectivity index (χ3v) is 10.4. The minimum absolute atomic E-state index is 0.0928. The molecule has 2 heteroatoms. The molecule has 3 saturated carbocycles. The molecular weight excluding hydrogens is 356 g/mol. The van der Waals surface area contributed by atoms with Gasteiger partial charge in [0.05, 0.1) is 12.2 Å². The first-order valence-corrected chi connectivity index (χ1v) is 12.7. The van der Waals surface area contributed by atoms with Crippen molar-refractivity contribution in [3.8, 4) is 0 Å². The zero-order chi connectivity index (χ0) is 21.0. The molecule has 29 heavy (non-hydrogen) atoms. The Morgan fingerprint density at radius 2 is 1.79 bits per heavy atom. The molecule has 0 spiro atoms. The maximum absolute atomic E-state index is 11.1. The summed E-state index contributed by atoms with van der Waals surface area (Å²) in [5.41, 5.74) is 1.77. The van der Waals surface area contributed by atoms with Gasteiger partial charge in [-0.3, -0.25) is 0 Å². The fourth-order valence-corrected chi connectivity index (χ4v) is 8.73. The average Bonchev–Trinajstić information content (AvgIpc) is 3.00. The lowest BCUT2D eigenvalue weighted by molar-refractivity contribution is -0.108. The van der Waals surface area contributed by atoms with Gasteiger partial charge in [-0.1, -0.05) is 65.5 Å². The Bertz CT molecular complexity index is 624. The standard InChI is InChI=1S/C27H46O2/c1-17(2)7-6-8-18(3)22-11-12-23-21-10-9-19-15-20(28)16-25(29)27(19,5)24(21)13-14-26(22,23)4/h9,17-18,20-25,28-29H,6-8,10-16H2,1-5H3/t18-,20-,21+,22-,23+,24+,25+,26-,27+/m1/s1. The molecule has 0 radical (unpaired) electrons. The third-order valence-electron chi connectivity index (χ3n) is 10.4. The van der Waals surface area contributed by atoms with Crippen LogP contribution in [-0.4, -0.2) is 22.4 Å². The van der Waals surface area contributed by atoms with E-state index < -0.39 is 0 Å². The van der Waals surface area contributed by atoms with Crippen molar-refractivity contribution in [2.75, 3.05) is 0 Å². The van der Waals surface area contributed by atoms with Crippen molar-refractivity contribution in [2.24, 2.45) is 46.3 Å². The SMILES string of the molecule is CC(C)CCC[C@@H](C)[C@H]1CC[C@H]2[C@@H]3CC=C4C[C@@H](O)C[C@H](O)[C@]4(C)[C@H]3CC[C@]12C. The van der Waals surface area contributed by atoms with Crippen LogP contribution in [0.2, 0.25) is 0 Å². The topological polar surface area (TPSA) is 40.5 Å². The summed E-state index contributed by atoms with van der Waals surface area (Å²) in [6.45, 7) is 12.2. The lowest BCUT2D eigenvalue weighted by Gasteiger charge is -2.59.